The Kier molecular flexibility index (Phi) is 10.2. The summed E-state index contributed by atoms with van der Waals surface area (Å²) >= 11 is 0. The number of benzene rings is 3. The van der Waals surface area contributed by atoms with Crippen molar-refractivity contribution in [2.75, 3.05) is 17.4 Å². The van der Waals surface area contributed by atoms with Gasteiger partial charge in [0.15, 0.2) is 11.5 Å². The van der Waals surface area contributed by atoms with Gasteiger partial charge in [0.05, 0.1) is 18.9 Å². The lowest BCUT2D eigenvalue weighted by Gasteiger charge is -2.24. The molecule has 0 unspecified atom stereocenters. The summed E-state index contributed by atoms with van der Waals surface area (Å²) in [5.41, 5.74) is 3.44. The predicted octanol–water partition coefficient (Wildman–Crippen LogP) is 4.77. The first-order valence-corrected chi connectivity index (χ1v) is 14.0. The number of urea groups is 1. The van der Waals surface area contributed by atoms with E-state index in [0.717, 1.165) is 5.56 Å². The number of carboxylic acid groups (broad SMARTS) is 1. The Morgan fingerprint density at radius 3 is 2.30 bits per heavy atom. The zero-order valence-corrected chi connectivity index (χ0v) is 24.3. The third-order valence-electron chi connectivity index (χ3n) is 6.82. The number of para-hydroxylation sites is 1. The Hall–Kier alpha value is -5.06. The average molecular weight is 589 g/mol. The van der Waals surface area contributed by atoms with Crippen LogP contribution in [0, 0.1) is 12.8 Å². The van der Waals surface area contributed by atoms with Crippen molar-refractivity contribution in [1.29, 1.82) is 0 Å². The van der Waals surface area contributed by atoms with E-state index in [2.05, 4.69) is 21.3 Å². The minimum Gasteiger partial charge on any atom is -0.481 e. The maximum atomic E-state index is 13.3. The SMILES string of the molecule is Cc1ccccc1NC(=O)Nc1ccc(CC(=O)N[C@@H](CC(C)C)C(=O)N[C@@H](CC(=O)O)c2ccc3c(c2)OCO3)cc1. The molecule has 0 aliphatic carbocycles. The van der Waals surface area contributed by atoms with Crippen LogP contribution >= 0.6 is 0 Å². The van der Waals surface area contributed by atoms with Crippen LogP contribution < -0.4 is 30.7 Å². The van der Waals surface area contributed by atoms with E-state index in [1.807, 2.05) is 45.0 Å². The van der Waals surface area contributed by atoms with Gasteiger partial charge in [-0.3, -0.25) is 14.4 Å². The van der Waals surface area contributed by atoms with Gasteiger partial charge in [0.1, 0.15) is 6.04 Å². The van der Waals surface area contributed by atoms with E-state index in [9.17, 15) is 24.3 Å². The van der Waals surface area contributed by atoms with Crippen LogP contribution in [0.15, 0.2) is 66.7 Å². The van der Waals surface area contributed by atoms with E-state index >= 15 is 0 Å². The van der Waals surface area contributed by atoms with E-state index in [0.29, 0.717) is 40.4 Å². The van der Waals surface area contributed by atoms with Crippen LogP contribution in [0.5, 0.6) is 11.5 Å². The lowest BCUT2D eigenvalue weighted by Crippen LogP contribution is -2.49. The standard InChI is InChI=1S/C32H36N4O7/c1-19(2)14-26(31(40)35-25(17-30(38)39)22-10-13-27-28(16-22)43-18-42-27)34-29(37)15-21-8-11-23(12-9-21)33-32(41)36-24-7-5-4-6-20(24)3/h4-13,16,19,25-26H,14-15,17-18H2,1-3H3,(H,34,37)(H,35,40)(H,38,39)(H2,33,36,41)/t25-,26-/m0/s1. The molecule has 0 radical (unpaired) electrons. The quantitative estimate of drug-likeness (QED) is 0.204. The largest absolute Gasteiger partial charge is 0.481 e. The highest BCUT2D eigenvalue weighted by molar-refractivity contribution is 6.00. The molecule has 0 aromatic heterocycles. The second-order valence-corrected chi connectivity index (χ2v) is 10.8. The normalized spacial score (nSPS) is 13.1. The molecule has 0 saturated heterocycles. The minimum absolute atomic E-state index is 0.0122. The highest BCUT2D eigenvalue weighted by Gasteiger charge is 2.27. The lowest BCUT2D eigenvalue weighted by atomic mass is 9.99. The summed E-state index contributed by atoms with van der Waals surface area (Å²) in [7, 11) is 0. The number of hydrogen-bond donors (Lipinski definition) is 5. The van der Waals surface area contributed by atoms with E-state index in [1.165, 1.54) is 0 Å². The smallest absolute Gasteiger partial charge is 0.323 e. The van der Waals surface area contributed by atoms with Crippen molar-refractivity contribution in [1.82, 2.24) is 10.6 Å². The highest BCUT2D eigenvalue weighted by atomic mass is 16.7. The van der Waals surface area contributed by atoms with Gasteiger partial charge < -0.3 is 35.8 Å². The molecular formula is C32H36N4O7. The van der Waals surface area contributed by atoms with Crippen molar-refractivity contribution in [3.05, 3.63) is 83.4 Å². The van der Waals surface area contributed by atoms with Crippen molar-refractivity contribution in [3.8, 4) is 11.5 Å². The molecule has 4 rings (SSSR count). The molecule has 4 amide bonds. The topological polar surface area (TPSA) is 155 Å². The summed E-state index contributed by atoms with van der Waals surface area (Å²) in [5, 5.41) is 20.7. The monoisotopic (exact) mass is 588 g/mol. The summed E-state index contributed by atoms with van der Waals surface area (Å²) in [6, 6.07) is 17.2. The number of carbonyl (C=O) groups excluding carboxylic acids is 3. The first-order chi connectivity index (χ1) is 20.6. The van der Waals surface area contributed by atoms with Crippen molar-refractivity contribution in [2.45, 2.75) is 52.1 Å². The van der Waals surface area contributed by atoms with Crippen molar-refractivity contribution >= 4 is 35.2 Å². The Morgan fingerprint density at radius 2 is 1.60 bits per heavy atom. The summed E-state index contributed by atoms with van der Waals surface area (Å²) in [6.45, 7) is 5.83. The molecule has 0 fully saturated rings. The molecule has 5 N–H and O–H groups in total. The summed E-state index contributed by atoms with van der Waals surface area (Å²) < 4.78 is 10.7. The number of amides is 4. The molecule has 0 spiro atoms. The number of aliphatic carboxylic acids is 1. The van der Waals surface area contributed by atoms with Crippen LogP contribution in [0.25, 0.3) is 0 Å². The van der Waals surface area contributed by atoms with Gasteiger partial charge in [0.25, 0.3) is 0 Å². The number of rotatable bonds is 12. The van der Waals surface area contributed by atoms with Crippen LogP contribution in [0.1, 0.15) is 49.4 Å². The fraction of sp³-hybridized carbons (Fsp3) is 0.312. The third kappa shape index (κ3) is 8.96. The van der Waals surface area contributed by atoms with Gasteiger partial charge in [-0.05, 0) is 66.3 Å². The summed E-state index contributed by atoms with van der Waals surface area (Å²) in [5.74, 6) is -0.832. The van der Waals surface area contributed by atoms with E-state index in [-0.39, 0.29) is 37.5 Å². The molecule has 1 heterocycles. The Bertz CT molecular complexity index is 1470. The molecular weight excluding hydrogens is 552 g/mol. The lowest BCUT2D eigenvalue weighted by molar-refractivity contribution is -0.138. The number of ether oxygens (including phenoxy) is 2. The summed E-state index contributed by atoms with van der Waals surface area (Å²) in [4.78, 5) is 50.3. The molecule has 43 heavy (non-hydrogen) atoms. The molecule has 226 valence electrons. The van der Waals surface area contributed by atoms with Crippen LogP contribution in [-0.4, -0.2) is 41.8 Å². The average Bonchev–Trinajstić information content (AvgIpc) is 3.42. The van der Waals surface area contributed by atoms with Gasteiger partial charge >= 0.3 is 12.0 Å². The van der Waals surface area contributed by atoms with E-state index in [4.69, 9.17) is 9.47 Å². The first kappa shape index (κ1) is 30.9. The fourth-order valence-electron chi connectivity index (χ4n) is 4.67. The van der Waals surface area contributed by atoms with Crippen molar-refractivity contribution < 1.29 is 33.8 Å². The Labute approximate surface area is 250 Å². The molecule has 11 nitrogen and oxygen atoms in total. The van der Waals surface area contributed by atoms with Gasteiger partial charge in [-0.1, -0.05) is 50.2 Å². The highest BCUT2D eigenvalue weighted by Crippen LogP contribution is 2.35. The maximum absolute atomic E-state index is 13.3. The van der Waals surface area contributed by atoms with Gasteiger partial charge in [-0.2, -0.15) is 0 Å². The fourth-order valence-corrected chi connectivity index (χ4v) is 4.67. The molecule has 2 atom stereocenters. The van der Waals surface area contributed by atoms with Gasteiger partial charge in [-0.25, -0.2) is 4.79 Å². The van der Waals surface area contributed by atoms with Gasteiger partial charge in [-0.15, -0.1) is 0 Å². The van der Waals surface area contributed by atoms with Crippen molar-refractivity contribution in [2.24, 2.45) is 5.92 Å². The number of anilines is 2. The Morgan fingerprint density at radius 1 is 0.884 bits per heavy atom. The number of nitrogens with one attached hydrogen (secondary N) is 4. The van der Waals surface area contributed by atoms with Gasteiger partial charge in [0.2, 0.25) is 18.6 Å². The Balaban J connectivity index is 1.36. The zero-order chi connectivity index (χ0) is 30.9. The molecule has 0 saturated carbocycles. The van der Waals surface area contributed by atoms with E-state index < -0.39 is 24.0 Å². The number of carboxylic acids is 1. The van der Waals surface area contributed by atoms with Crippen LogP contribution in [0.2, 0.25) is 0 Å². The second kappa shape index (κ2) is 14.2. The minimum atomic E-state index is -1.09. The molecule has 3 aromatic rings. The number of aryl methyl sites for hydroxylation is 1. The maximum Gasteiger partial charge on any atom is 0.323 e. The predicted molar refractivity (Wildman–Crippen MR) is 161 cm³/mol. The molecule has 11 heteroatoms. The van der Waals surface area contributed by atoms with Crippen LogP contribution in [-0.2, 0) is 20.8 Å². The number of fused-ring (bicyclic) bond motifs is 1. The van der Waals surface area contributed by atoms with Crippen LogP contribution in [0.3, 0.4) is 0 Å². The third-order valence-corrected chi connectivity index (χ3v) is 6.82. The zero-order valence-electron chi connectivity index (χ0n) is 24.3. The number of carbonyl (C=O) groups is 4. The summed E-state index contributed by atoms with van der Waals surface area (Å²) in [6.07, 6.45) is 0.0206. The number of hydrogen-bond acceptors (Lipinski definition) is 6. The molecule has 1 aliphatic rings. The van der Waals surface area contributed by atoms with Crippen molar-refractivity contribution in [3.63, 3.8) is 0 Å². The first-order valence-electron chi connectivity index (χ1n) is 14.0. The molecule has 3 aromatic carbocycles. The van der Waals surface area contributed by atoms with Gasteiger partial charge in [0, 0.05) is 11.4 Å². The molecule has 1 aliphatic heterocycles. The second-order valence-electron chi connectivity index (χ2n) is 10.8. The van der Waals surface area contributed by atoms with Crippen LogP contribution in [0.4, 0.5) is 16.2 Å². The van der Waals surface area contributed by atoms with E-state index in [1.54, 1.807) is 42.5 Å². The molecule has 0 bridgehead atoms.